The molecule has 2 heterocycles. The van der Waals surface area contributed by atoms with E-state index in [0.717, 1.165) is 25.4 Å². The van der Waals surface area contributed by atoms with Crippen molar-refractivity contribution in [2.75, 3.05) is 39.1 Å². The molecule has 0 N–H and O–H groups in total. The van der Waals surface area contributed by atoms with Crippen LogP contribution in [0.15, 0.2) is 0 Å². The van der Waals surface area contributed by atoms with Gasteiger partial charge in [0, 0.05) is 38.3 Å². The van der Waals surface area contributed by atoms with E-state index in [9.17, 15) is 8.42 Å². The Hall–Kier alpha value is -0.170. The Morgan fingerprint density at radius 1 is 1.14 bits per heavy atom. The zero-order valence-electron chi connectivity index (χ0n) is 14.0. The van der Waals surface area contributed by atoms with Gasteiger partial charge in [-0.15, -0.1) is 0 Å². The van der Waals surface area contributed by atoms with E-state index in [1.807, 2.05) is 0 Å². The monoisotopic (exact) mass is 330 g/mol. The molecule has 1 saturated carbocycles. The lowest BCUT2D eigenvalue weighted by molar-refractivity contribution is 0.0209. The van der Waals surface area contributed by atoms with Crippen LogP contribution in [0.3, 0.4) is 0 Å². The molecule has 1 spiro atoms. The van der Waals surface area contributed by atoms with E-state index in [0.29, 0.717) is 19.1 Å². The number of ether oxygens (including phenoxy) is 1. The molecule has 3 aliphatic rings. The summed E-state index contributed by atoms with van der Waals surface area (Å²) in [6.07, 6.45) is 7.10. The first-order valence-corrected chi connectivity index (χ1v) is 10.4. The van der Waals surface area contributed by atoms with Gasteiger partial charge in [0.15, 0.2) is 0 Å². The van der Waals surface area contributed by atoms with Gasteiger partial charge in [0.25, 0.3) is 0 Å². The Bertz CT molecular complexity index is 482. The predicted molar refractivity (Wildman–Crippen MR) is 87.3 cm³/mol. The zero-order chi connectivity index (χ0) is 15.8. The summed E-state index contributed by atoms with van der Waals surface area (Å²) in [6, 6.07) is 0.528. The molecule has 0 aromatic heterocycles. The zero-order valence-corrected chi connectivity index (χ0v) is 14.8. The Kier molecular flexibility index (Phi) is 4.84. The summed E-state index contributed by atoms with van der Waals surface area (Å²) in [5.41, 5.74) is 0.228. The van der Waals surface area contributed by atoms with Gasteiger partial charge in [-0.1, -0.05) is 0 Å². The summed E-state index contributed by atoms with van der Waals surface area (Å²) < 4.78 is 31.3. The highest BCUT2D eigenvalue weighted by Crippen LogP contribution is 2.44. The Morgan fingerprint density at radius 2 is 1.82 bits per heavy atom. The van der Waals surface area contributed by atoms with Crippen molar-refractivity contribution in [2.45, 2.75) is 57.0 Å². The normalized spacial score (nSPS) is 30.2. The molecule has 1 aliphatic carbocycles. The smallest absolute Gasteiger partial charge is 0.213 e. The van der Waals surface area contributed by atoms with E-state index in [1.165, 1.54) is 32.2 Å². The van der Waals surface area contributed by atoms with Crippen LogP contribution in [0.5, 0.6) is 0 Å². The number of sulfonamides is 1. The van der Waals surface area contributed by atoms with Gasteiger partial charge in [0.1, 0.15) is 0 Å². The van der Waals surface area contributed by atoms with E-state index in [1.54, 1.807) is 18.3 Å². The van der Waals surface area contributed by atoms with Crippen molar-refractivity contribution in [2.24, 2.45) is 5.92 Å². The van der Waals surface area contributed by atoms with Crippen LogP contribution in [0.4, 0.5) is 0 Å². The molecule has 2 saturated heterocycles. The summed E-state index contributed by atoms with van der Waals surface area (Å²) in [7, 11) is -1.24. The first-order valence-electron chi connectivity index (χ1n) is 8.74. The Labute approximate surface area is 135 Å². The lowest BCUT2D eigenvalue weighted by Crippen LogP contribution is -2.56. The van der Waals surface area contributed by atoms with Crippen LogP contribution in [-0.2, 0) is 14.8 Å². The van der Waals surface area contributed by atoms with Gasteiger partial charge in [0.05, 0.1) is 12.4 Å². The first kappa shape index (κ1) is 16.7. The van der Waals surface area contributed by atoms with Crippen molar-refractivity contribution in [3.05, 3.63) is 0 Å². The first-order chi connectivity index (χ1) is 10.5. The molecule has 0 radical (unpaired) electrons. The SMILES string of the molecule is CCS(=O)(=O)N1CCC2(CC[C@H](COC)N2CC2CC2)CC1. The summed E-state index contributed by atoms with van der Waals surface area (Å²) in [6.45, 7) is 5.12. The van der Waals surface area contributed by atoms with Gasteiger partial charge < -0.3 is 4.74 Å². The molecule has 3 rings (SSSR count). The van der Waals surface area contributed by atoms with E-state index in [2.05, 4.69) is 4.90 Å². The second kappa shape index (κ2) is 6.38. The largest absolute Gasteiger partial charge is 0.383 e. The molecule has 128 valence electrons. The fourth-order valence-electron chi connectivity index (χ4n) is 4.31. The van der Waals surface area contributed by atoms with Crippen molar-refractivity contribution in [1.82, 2.24) is 9.21 Å². The molecular formula is C16H30N2O3S. The van der Waals surface area contributed by atoms with E-state index in [-0.39, 0.29) is 11.3 Å². The Balaban J connectivity index is 1.69. The lowest BCUT2D eigenvalue weighted by atomic mass is 9.85. The standard InChI is InChI=1S/C16H30N2O3S/c1-3-22(19,20)17-10-8-16(9-11-17)7-6-15(13-21-2)18(16)12-14-4-5-14/h14-15H,3-13H2,1-2H3/t15-/m1/s1. The third kappa shape index (κ3) is 3.21. The number of hydrogen-bond donors (Lipinski definition) is 0. The quantitative estimate of drug-likeness (QED) is 0.744. The number of hydrogen-bond acceptors (Lipinski definition) is 4. The van der Waals surface area contributed by atoms with Crippen LogP contribution >= 0.6 is 0 Å². The van der Waals surface area contributed by atoms with Crippen LogP contribution in [0, 0.1) is 5.92 Å². The van der Waals surface area contributed by atoms with Gasteiger partial charge in [-0.25, -0.2) is 12.7 Å². The van der Waals surface area contributed by atoms with Crippen LogP contribution in [-0.4, -0.2) is 68.3 Å². The Morgan fingerprint density at radius 3 is 2.36 bits per heavy atom. The second-order valence-electron chi connectivity index (χ2n) is 7.27. The molecule has 0 unspecified atom stereocenters. The van der Waals surface area contributed by atoms with E-state index < -0.39 is 10.0 Å². The summed E-state index contributed by atoms with van der Waals surface area (Å²) in [5, 5.41) is 0. The summed E-state index contributed by atoms with van der Waals surface area (Å²) in [4.78, 5) is 2.70. The molecule has 3 fully saturated rings. The molecule has 2 aliphatic heterocycles. The maximum atomic E-state index is 12.1. The fourth-order valence-corrected chi connectivity index (χ4v) is 5.41. The van der Waals surface area contributed by atoms with Gasteiger partial charge >= 0.3 is 0 Å². The topological polar surface area (TPSA) is 49.9 Å². The highest BCUT2D eigenvalue weighted by Gasteiger charge is 2.49. The molecule has 0 bridgehead atoms. The third-order valence-electron chi connectivity index (χ3n) is 5.92. The lowest BCUT2D eigenvalue weighted by Gasteiger charge is -2.46. The van der Waals surface area contributed by atoms with Gasteiger partial charge in [-0.05, 0) is 51.4 Å². The minimum absolute atomic E-state index is 0.220. The molecule has 0 aromatic carbocycles. The summed E-state index contributed by atoms with van der Waals surface area (Å²) in [5.74, 6) is 1.09. The second-order valence-corrected chi connectivity index (χ2v) is 9.53. The number of rotatable bonds is 6. The van der Waals surface area contributed by atoms with Crippen molar-refractivity contribution in [1.29, 1.82) is 0 Å². The van der Waals surface area contributed by atoms with Crippen molar-refractivity contribution < 1.29 is 13.2 Å². The fraction of sp³-hybridized carbons (Fsp3) is 1.00. The van der Waals surface area contributed by atoms with Crippen molar-refractivity contribution >= 4 is 10.0 Å². The highest BCUT2D eigenvalue weighted by molar-refractivity contribution is 7.89. The molecule has 6 heteroatoms. The van der Waals surface area contributed by atoms with Crippen molar-refractivity contribution in [3.63, 3.8) is 0 Å². The van der Waals surface area contributed by atoms with Crippen LogP contribution in [0.1, 0.15) is 45.4 Å². The molecule has 5 nitrogen and oxygen atoms in total. The van der Waals surface area contributed by atoms with Gasteiger partial charge in [-0.2, -0.15) is 0 Å². The maximum Gasteiger partial charge on any atom is 0.213 e. The molecule has 0 aromatic rings. The van der Waals surface area contributed by atoms with Gasteiger partial charge in [0.2, 0.25) is 10.0 Å². The number of likely N-dealkylation sites (tertiary alicyclic amines) is 1. The number of methoxy groups -OCH3 is 1. The average Bonchev–Trinajstić information content (AvgIpc) is 3.28. The van der Waals surface area contributed by atoms with Crippen LogP contribution in [0.25, 0.3) is 0 Å². The maximum absolute atomic E-state index is 12.1. The molecular weight excluding hydrogens is 300 g/mol. The van der Waals surface area contributed by atoms with Crippen LogP contribution < -0.4 is 0 Å². The number of nitrogens with zero attached hydrogens (tertiary/aromatic N) is 2. The third-order valence-corrected chi connectivity index (χ3v) is 7.80. The van der Waals surface area contributed by atoms with Crippen LogP contribution in [0.2, 0.25) is 0 Å². The molecule has 22 heavy (non-hydrogen) atoms. The van der Waals surface area contributed by atoms with Gasteiger partial charge in [-0.3, -0.25) is 4.90 Å². The molecule has 1 atom stereocenters. The molecule has 0 amide bonds. The number of piperidine rings is 1. The van der Waals surface area contributed by atoms with E-state index in [4.69, 9.17) is 4.74 Å². The van der Waals surface area contributed by atoms with E-state index >= 15 is 0 Å². The minimum Gasteiger partial charge on any atom is -0.383 e. The minimum atomic E-state index is -3.03. The summed E-state index contributed by atoms with van der Waals surface area (Å²) >= 11 is 0. The predicted octanol–water partition coefficient (Wildman–Crippen LogP) is 1.69. The van der Waals surface area contributed by atoms with Crippen molar-refractivity contribution in [3.8, 4) is 0 Å². The highest BCUT2D eigenvalue weighted by atomic mass is 32.2. The average molecular weight is 330 g/mol.